The van der Waals surface area contributed by atoms with Gasteiger partial charge in [-0.05, 0) is 31.2 Å². The SMILES string of the molecule is Cc1c(Cl)cnn1CCOc1ccc(S(=O)(=O)N(C)C)cc1. The normalized spacial score (nSPS) is 11.9. The van der Waals surface area contributed by atoms with E-state index in [9.17, 15) is 8.42 Å². The number of rotatable bonds is 6. The van der Waals surface area contributed by atoms with Crippen molar-refractivity contribution in [2.24, 2.45) is 0 Å². The second kappa shape index (κ2) is 6.68. The van der Waals surface area contributed by atoms with Crippen molar-refractivity contribution in [3.63, 3.8) is 0 Å². The van der Waals surface area contributed by atoms with Crippen molar-refractivity contribution >= 4 is 21.6 Å². The molecule has 0 aliphatic heterocycles. The Labute approximate surface area is 135 Å². The first-order valence-corrected chi connectivity index (χ1v) is 8.47. The van der Waals surface area contributed by atoms with Gasteiger partial charge in [-0.3, -0.25) is 4.68 Å². The zero-order chi connectivity index (χ0) is 16.3. The molecule has 0 saturated carbocycles. The van der Waals surface area contributed by atoms with Crippen molar-refractivity contribution in [3.05, 3.63) is 41.2 Å². The maximum absolute atomic E-state index is 11.9. The van der Waals surface area contributed by atoms with Crippen LogP contribution in [0.5, 0.6) is 5.75 Å². The molecule has 1 aromatic carbocycles. The van der Waals surface area contributed by atoms with E-state index in [4.69, 9.17) is 16.3 Å². The summed E-state index contributed by atoms with van der Waals surface area (Å²) < 4.78 is 32.4. The summed E-state index contributed by atoms with van der Waals surface area (Å²) in [7, 11) is -0.416. The van der Waals surface area contributed by atoms with Gasteiger partial charge in [-0.1, -0.05) is 11.6 Å². The van der Waals surface area contributed by atoms with Crippen LogP contribution in [0.4, 0.5) is 0 Å². The van der Waals surface area contributed by atoms with Crippen LogP contribution in [-0.2, 0) is 16.6 Å². The average Bonchev–Trinajstić information content (AvgIpc) is 2.80. The molecule has 0 radical (unpaired) electrons. The summed E-state index contributed by atoms with van der Waals surface area (Å²) in [6, 6.07) is 6.33. The minimum absolute atomic E-state index is 0.236. The fourth-order valence-corrected chi connectivity index (χ4v) is 2.86. The van der Waals surface area contributed by atoms with Crippen molar-refractivity contribution in [2.75, 3.05) is 20.7 Å². The highest BCUT2D eigenvalue weighted by atomic mass is 35.5. The first-order chi connectivity index (χ1) is 10.3. The number of aromatic nitrogens is 2. The molecule has 2 rings (SSSR count). The molecule has 1 heterocycles. The number of benzene rings is 1. The van der Waals surface area contributed by atoms with Crippen molar-refractivity contribution in [2.45, 2.75) is 18.4 Å². The van der Waals surface area contributed by atoms with Gasteiger partial charge in [0, 0.05) is 14.1 Å². The molecule has 120 valence electrons. The molecule has 0 fully saturated rings. The third-order valence-corrected chi connectivity index (χ3v) is 5.42. The Kier molecular flexibility index (Phi) is 5.10. The van der Waals surface area contributed by atoms with Crippen molar-refractivity contribution in [1.29, 1.82) is 0 Å². The molecule has 0 atom stereocenters. The number of ether oxygens (including phenoxy) is 1. The number of halogens is 1. The molecule has 8 heteroatoms. The van der Waals surface area contributed by atoms with E-state index in [2.05, 4.69) is 5.10 Å². The first kappa shape index (κ1) is 16.8. The fraction of sp³-hybridized carbons (Fsp3) is 0.357. The predicted octanol–water partition coefficient (Wildman–Crippen LogP) is 2.17. The molecule has 0 aliphatic rings. The van der Waals surface area contributed by atoms with Crippen molar-refractivity contribution in [1.82, 2.24) is 14.1 Å². The van der Waals surface area contributed by atoms with E-state index in [1.807, 2.05) is 6.92 Å². The van der Waals surface area contributed by atoms with E-state index < -0.39 is 10.0 Å². The summed E-state index contributed by atoms with van der Waals surface area (Å²) in [5.74, 6) is 0.605. The molecule has 0 unspecified atom stereocenters. The van der Waals surface area contributed by atoms with Gasteiger partial charge in [0.1, 0.15) is 12.4 Å². The van der Waals surface area contributed by atoms with Gasteiger partial charge in [0.05, 0.1) is 28.4 Å². The summed E-state index contributed by atoms with van der Waals surface area (Å²) in [5, 5.41) is 4.76. The largest absolute Gasteiger partial charge is 0.492 e. The number of hydrogen-bond donors (Lipinski definition) is 0. The Morgan fingerprint density at radius 2 is 1.91 bits per heavy atom. The van der Waals surface area contributed by atoms with Crippen molar-refractivity contribution < 1.29 is 13.2 Å². The Hall–Kier alpha value is -1.57. The van der Waals surface area contributed by atoms with Gasteiger partial charge in [0.15, 0.2) is 0 Å². The summed E-state index contributed by atoms with van der Waals surface area (Å²) in [6.07, 6.45) is 1.60. The van der Waals surface area contributed by atoms with E-state index in [0.29, 0.717) is 23.9 Å². The number of hydrogen-bond acceptors (Lipinski definition) is 4. The van der Waals surface area contributed by atoms with Crippen LogP contribution in [0.15, 0.2) is 35.4 Å². The Bertz CT molecular complexity index is 739. The van der Waals surface area contributed by atoms with Crippen LogP contribution in [0.3, 0.4) is 0 Å². The predicted molar refractivity (Wildman–Crippen MR) is 84.8 cm³/mol. The lowest BCUT2D eigenvalue weighted by molar-refractivity contribution is 0.289. The maximum Gasteiger partial charge on any atom is 0.242 e. The Balaban J connectivity index is 1.96. The van der Waals surface area contributed by atoms with E-state index in [1.165, 1.54) is 30.5 Å². The van der Waals surface area contributed by atoms with Crippen LogP contribution in [0.1, 0.15) is 5.69 Å². The molecule has 0 bridgehead atoms. The second-order valence-corrected chi connectivity index (χ2v) is 7.47. The molecule has 6 nitrogen and oxygen atoms in total. The van der Waals surface area contributed by atoms with Crippen molar-refractivity contribution in [3.8, 4) is 5.75 Å². The minimum Gasteiger partial charge on any atom is -0.492 e. The lowest BCUT2D eigenvalue weighted by atomic mass is 10.3. The Morgan fingerprint density at radius 1 is 1.27 bits per heavy atom. The summed E-state index contributed by atoms with van der Waals surface area (Å²) in [6.45, 7) is 2.87. The van der Waals surface area contributed by atoms with Gasteiger partial charge in [0.25, 0.3) is 0 Å². The standard InChI is InChI=1S/C14H18ClN3O3S/c1-11-14(15)10-16-18(11)8-9-21-12-4-6-13(7-5-12)22(19,20)17(2)3/h4-7,10H,8-9H2,1-3H3. The molecule has 22 heavy (non-hydrogen) atoms. The monoisotopic (exact) mass is 343 g/mol. The van der Waals surface area contributed by atoms with Gasteiger partial charge in [0.2, 0.25) is 10.0 Å². The van der Waals surface area contributed by atoms with Gasteiger partial charge < -0.3 is 4.74 Å². The molecule has 1 aromatic heterocycles. The molecule has 0 amide bonds. The summed E-state index contributed by atoms with van der Waals surface area (Å²) in [4.78, 5) is 0.236. The lowest BCUT2D eigenvalue weighted by Crippen LogP contribution is -2.22. The number of nitrogens with zero attached hydrogens (tertiary/aromatic N) is 3. The van der Waals surface area contributed by atoms with E-state index in [0.717, 1.165) is 5.69 Å². The van der Waals surface area contributed by atoms with Crippen LogP contribution >= 0.6 is 11.6 Å². The van der Waals surface area contributed by atoms with Gasteiger partial charge in [-0.2, -0.15) is 5.10 Å². The number of sulfonamides is 1. The highest BCUT2D eigenvalue weighted by Crippen LogP contribution is 2.18. The van der Waals surface area contributed by atoms with Gasteiger partial charge >= 0.3 is 0 Å². The molecule has 0 aliphatic carbocycles. The van der Waals surface area contributed by atoms with Gasteiger partial charge in [-0.15, -0.1) is 0 Å². The third-order valence-electron chi connectivity index (χ3n) is 3.22. The first-order valence-electron chi connectivity index (χ1n) is 6.65. The zero-order valence-electron chi connectivity index (χ0n) is 12.7. The quantitative estimate of drug-likeness (QED) is 0.806. The topological polar surface area (TPSA) is 64.4 Å². The van der Waals surface area contributed by atoms with E-state index >= 15 is 0 Å². The summed E-state index contributed by atoms with van der Waals surface area (Å²) in [5.41, 5.74) is 0.887. The molecule has 0 spiro atoms. The van der Waals surface area contributed by atoms with Crippen LogP contribution in [0, 0.1) is 6.92 Å². The smallest absolute Gasteiger partial charge is 0.242 e. The minimum atomic E-state index is -3.41. The molecular formula is C14H18ClN3O3S. The fourth-order valence-electron chi connectivity index (χ4n) is 1.82. The van der Waals surface area contributed by atoms with Crippen LogP contribution < -0.4 is 4.74 Å². The van der Waals surface area contributed by atoms with Crippen LogP contribution in [0.2, 0.25) is 5.02 Å². The molecule has 0 saturated heterocycles. The second-order valence-electron chi connectivity index (χ2n) is 4.91. The average molecular weight is 344 g/mol. The van der Waals surface area contributed by atoms with E-state index in [1.54, 1.807) is 23.0 Å². The summed E-state index contributed by atoms with van der Waals surface area (Å²) >= 11 is 5.93. The third kappa shape index (κ3) is 3.60. The Morgan fingerprint density at radius 3 is 2.41 bits per heavy atom. The van der Waals surface area contributed by atoms with E-state index in [-0.39, 0.29) is 4.90 Å². The molecule has 2 aromatic rings. The highest BCUT2D eigenvalue weighted by Gasteiger charge is 2.16. The maximum atomic E-state index is 11.9. The van der Waals surface area contributed by atoms with Crippen LogP contribution in [-0.4, -0.2) is 43.2 Å². The molecule has 0 N–H and O–H groups in total. The zero-order valence-corrected chi connectivity index (χ0v) is 14.2. The van der Waals surface area contributed by atoms with Gasteiger partial charge in [-0.25, -0.2) is 12.7 Å². The van der Waals surface area contributed by atoms with Crippen LogP contribution in [0.25, 0.3) is 0 Å². The molecular weight excluding hydrogens is 326 g/mol. The lowest BCUT2D eigenvalue weighted by Gasteiger charge is -2.12. The highest BCUT2D eigenvalue weighted by molar-refractivity contribution is 7.89.